The lowest BCUT2D eigenvalue weighted by atomic mass is 10.1. The van der Waals surface area contributed by atoms with Gasteiger partial charge in [-0.25, -0.2) is 0 Å². The molecule has 1 aliphatic carbocycles. The molecule has 150 valence electrons. The highest BCUT2D eigenvalue weighted by atomic mass is 32.2. The number of carbonyl (C=O) groups excluding carboxylic acids is 1. The Morgan fingerprint density at radius 1 is 1.25 bits per heavy atom. The minimum absolute atomic E-state index is 0.0895. The number of nitriles is 1. The van der Waals surface area contributed by atoms with E-state index in [2.05, 4.69) is 28.5 Å². The Labute approximate surface area is 182 Å². The first-order chi connectivity index (χ1) is 13.6. The SMILES string of the molecule is CCCCSc1nnc(SC(C)C(=O)Nc2sc3c(c2C#N)CCCCC3)s1. The molecule has 0 bridgehead atoms. The highest BCUT2D eigenvalue weighted by molar-refractivity contribution is 8.03. The third-order valence-electron chi connectivity index (χ3n) is 4.53. The minimum Gasteiger partial charge on any atom is -0.316 e. The van der Waals surface area contributed by atoms with Crippen molar-refractivity contribution in [1.29, 1.82) is 5.26 Å². The molecule has 0 saturated carbocycles. The number of fused-ring (bicyclic) bond motifs is 1. The molecule has 9 heteroatoms. The number of hydrogen-bond donors (Lipinski definition) is 1. The lowest BCUT2D eigenvalue weighted by Gasteiger charge is -2.09. The summed E-state index contributed by atoms with van der Waals surface area (Å²) in [6.45, 7) is 4.04. The minimum atomic E-state index is -0.296. The van der Waals surface area contributed by atoms with E-state index in [1.54, 1.807) is 34.4 Å². The number of unbranched alkanes of at least 4 members (excludes halogenated alkanes) is 1. The summed E-state index contributed by atoms with van der Waals surface area (Å²) in [5, 5.41) is 21.4. The molecular formula is C19H24N4OS4. The summed E-state index contributed by atoms with van der Waals surface area (Å²) in [4.78, 5) is 14.0. The summed E-state index contributed by atoms with van der Waals surface area (Å²) < 4.78 is 1.77. The van der Waals surface area contributed by atoms with Crippen molar-refractivity contribution in [2.75, 3.05) is 11.1 Å². The van der Waals surface area contributed by atoms with Crippen molar-refractivity contribution in [3.05, 3.63) is 16.0 Å². The topological polar surface area (TPSA) is 78.7 Å². The molecule has 0 radical (unpaired) electrons. The van der Waals surface area contributed by atoms with Crippen LogP contribution in [0.3, 0.4) is 0 Å². The van der Waals surface area contributed by atoms with Gasteiger partial charge in [-0.05, 0) is 44.6 Å². The molecular weight excluding hydrogens is 429 g/mol. The van der Waals surface area contributed by atoms with Crippen molar-refractivity contribution in [1.82, 2.24) is 10.2 Å². The quantitative estimate of drug-likeness (QED) is 0.312. The van der Waals surface area contributed by atoms with Crippen LogP contribution in [0.4, 0.5) is 5.00 Å². The smallest absolute Gasteiger partial charge is 0.238 e. The monoisotopic (exact) mass is 452 g/mol. The number of thiophene rings is 1. The highest BCUT2D eigenvalue weighted by Gasteiger charge is 2.23. The van der Waals surface area contributed by atoms with Crippen LogP contribution < -0.4 is 5.32 Å². The van der Waals surface area contributed by atoms with E-state index in [1.165, 1.54) is 29.5 Å². The molecule has 0 aromatic carbocycles. The van der Waals surface area contributed by atoms with Crippen molar-refractivity contribution in [3.8, 4) is 6.07 Å². The van der Waals surface area contributed by atoms with Crippen LogP contribution in [0.2, 0.25) is 0 Å². The number of hydrogen-bond acceptors (Lipinski definition) is 8. The Morgan fingerprint density at radius 3 is 2.82 bits per heavy atom. The van der Waals surface area contributed by atoms with Gasteiger partial charge in [0.05, 0.1) is 10.8 Å². The molecule has 5 nitrogen and oxygen atoms in total. The van der Waals surface area contributed by atoms with Gasteiger partial charge in [-0.15, -0.1) is 21.5 Å². The number of amides is 1. The maximum Gasteiger partial charge on any atom is 0.238 e. The number of aryl methyl sites for hydroxylation is 1. The first-order valence-corrected chi connectivity index (χ1v) is 13.1. The molecule has 1 atom stereocenters. The summed E-state index contributed by atoms with van der Waals surface area (Å²) in [5.74, 6) is 0.958. The van der Waals surface area contributed by atoms with Gasteiger partial charge in [0.1, 0.15) is 11.1 Å². The molecule has 0 fully saturated rings. The van der Waals surface area contributed by atoms with Crippen molar-refractivity contribution in [2.45, 2.75) is 72.7 Å². The Bertz CT molecular complexity index is 855. The van der Waals surface area contributed by atoms with Gasteiger partial charge in [0.25, 0.3) is 0 Å². The van der Waals surface area contributed by atoms with E-state index in [9.17, 15) is 10.1 Å². The average Bonchev–Trinajstić information content (AvgIpc) is 3.18. The fourth-order valence-electron chi connectivity index (χ4n) is 2.97. The Kier molecular flexibility index (Phi) is 8.21. The van der Waals surface area contributed by atoms with Crippen molar-refractivity contribution in [3.63, 3.8) is 0 Å². The number of rotatable bonds is 8. The summed E-state index contributed by atoms with van der Waals surface area (Å²) >= 11 is 6.26. The maximum atomic E-state index is 12.7. The molecule has 3 rings (SSSR count). The average molecular weight is 453 g/mol. The van der Waals surface area contributed by atoms with E-state index in [4.69, 9.17) is 0 Å². The van der Waals surface area contributed by atoms with E-state index in [0.717, 1.165) is 52.1 Å². The first kappa shape index (κ1) is 21.6. The fourth-order valence-corrected chi connectivity index (χ4v) is 7.54. The zero-order valence-corrected chi connectivity index (χ0v) is 19.4. The van der Waals surface area contributed by atoms with E-state index in [0.29, 0.717) is 10.6 Å². The third kappa shape index (κ3) is 5.50. The lowest BCUT2D eigenvalue weighted by molar-refractivity contribution is -0.115. The number of aromatic nitrogens is 2. The molecule has 0 spiro atoms. The normalized spacial score (nSPS) is 14.8. The Morgan fingerprint density at radius 2 is 2.04 bits per heavy atom. The highest BCUT2D eigenvalue weighted by Crippen LogP contribution is 2.38. The zero-order valence-electron chi connectivity index (χ0n) is 16.1. The second kappa shape index (κ2) is 10.6. The van der Waals surface area contributed by atoms with Crippen LogP contribution in [0.15, 0.2) is 8.68 Å². The standard InChI is InChI=1S/C19H24N4OS4/c1-3-4-10-25-18-22-23-19(28-18)26-12(2)16(24)21-17-14(11-20)13-8-6-5-7-9-15(13)27-17/h12H,3-10H2,1-2H3,(H,21,24). The molecule has 2 aromatic rings. The van der Waals surface area contributed by atoms with E-state index >= 15 is 0 Å². The fraction of sp³-hybridized carbons (Fsp3) is 0.579. The van der Waals surface area contributed by atoms with Crippen LogP contribution in [0.1, 0.15) is 62.0 Å². The maximum absolute atomic E-state index is 12.7. The predicted octanol–water partition coefficient (Wildman–Crippen LogP) is 5.75. The van der Waals surface area contributed by atoms with Gasteiger partial charge in [-0.2, -0.15) is 5.26 Å². The first-order valence-electron chi connectivity index (χ1n) is 9.60. The molecule has 1 amide bonds. The van der Waals surface area contributed by atoms with Gasteiger partial charge in [-0.3, -0.25) is 4.79 Å². The Balaban J connectivity index is 1.61. The molecule has 1 aliphatic rings. The lowest BCUT2D eigenvalue weighted by Crippen LogP contribution is -2.22. The Hall–Kier alpha value is -1.08. The number of nitrogens with zero attached hydrogens (tertiary/aromatic N) is 3. The van der Waals surface area contributed by atoms with Gasteiger partial charge in [0.2, 0.25) is 5.91 Å². The van der Waals surface area contributed by atoms with Crippen molar-refractivity contribution >= 4 is 57.1 Å². The molecule has 28 heavy (non-hydrogen) atoms. The van der Waals surface area contributed by atoms with Crippen LogP contribution >= 0.6 is 46.2 Å². The molecule has 1 N–H and O–H groups in total. The van der Waals surface area contributed by atoms with Gasteiger partial charge in [0, 0.05) is 10.6 Å². The van der Waals surface area contributed by atoms with Crippen LogP contribution in [-0.2, 0) is 17.6 Å². The summed E-state index contributed by atoms with van der Waals surface area (Å²) in [7, 11) is 0. The summed E-state index contributed by atoms with van der Waals surface area (Å²) in [6, 6.07) is 2.32. The second-order valence-electron chi connectivity index (χ2n) is 6.67. The van der Waals surface area contributed by atoms with E-state index in [1.807, 2.05) is 6.92 Å². The zero-order chi connectivity index (χ0) is 19.9. The summed E-state index contributed by atoms with van der Waals surface area (Å²) in [6.07, 6.45) is 7.78. The van der Waals surface area contributed by atoms with Crippen LogP contribution in [0.5, 0.6) is 0 Å². The van der Waals surface area contributed by atoms with Crippen LogP contribution in [-0.4, -0.2) is 27.1 Å². The molecule has 0 aliphatic heterocycles. The van der Waals surface area contributed by atoms with Gasteiger partial charge in [-0.1, -0.05) is 54.6 Å². The van der Waals surface area contributed by atoms with Gasteiger partial charge in [0.15, 0.2) is 8.68 Å². The number of thioether (sulfide) groups is 2. The second-order valence-corrected chi connectivity index (χ2v) is 11.7. The largest absolute Gasteiger partial charge is 0.316 e. The molecule has 1 unspecified atom stereocenters. The van der Waals surface area contributed by atoms with Crippen molar-refractivity contribution in [2.24, 2.45) is 0 Å². The number of carbonyl (C=O) groups is 1. The van der Waals surface area contributed by atoms with E-state index in [-0.39, 0.29) is 11.2 Å². The summed E-state index contributed by atoms with van der Waals surface area (Å²) in [5.41, 5.74) is 1.82. The molecule has 2 heterocycles. The van der Waals surface area contributed by atoms with E-state index < -0.39 is 0 Å². The predicted molar refractivity (Wildman–Crippen MR) is 120 cm³/mol. The number of nitrogens with one attached hydrogen (secondary N) is 1. The van der Waals surface area contributed by atoms with Crippen LogP contribution in [0, 0.1) is 11.3 Å². The van der Waals surface area contributed by atoms with Gasteiger partial charge < -0.3 is 5.32 Å². The van der Waals surface area contributed by atoms with Gasteiger partial charge >= 0.3 is 0 Å². The van der Waals surface area contributed by atoms with Crippen LogP contribution in [0.25, 0.3) is 0 Å². The number of anilines is 1. The van der Waals surface area contributed by atoms with Crippen molar-refractivity contribution < 1.29 is 4.79 Å². The third-order valence-corrected chi connectivity index (χ3v) is 9.06. The molecule has 2 aromatic heterocycles. The molecule has 0 saturated heterocycles.